The maximum absolute atomic E-state index is 14.0. The summed E-state index contributed by atoms with van der Waals surface area (Å²) in [4.78, 5) is 26.3. The second-order valence-corrected chi connectivity index (χ2v) is 9.26. The number of rotatable bonds is 10. The highest BCUT2D eigenvalue weighted by atomic mass is 19.1. The summed E-state index contributed by atoms with van der Waals surface area (Å²) in [5.41, 5.74) is 8.26. The van der Waals surface area contributed by atoms with Crippen LogP contribution in [0.1, 0.15) is 47.2 Å². The van der Waals surface area contributed by atoms with E-state index >= 15 is 0 Å². The normalized spacial score (nSPS) is 16.5. The van der Waals surface area contributed by atoms with Crippen LogP contribution in [-0.4, -0.2) is 49.7 Å². The van der Waals surface area contributed by atoms with Gasteiger partial charge in [0.1, 0.15) is 6.10 Å². The van der Waals surface area contributed by atoms with E-state index in [0.29, 0.717) is 44.0 Å². The first-order valence-corrected chi connectivity index (χ1v) is 12.1. The van der Waals surface area contributed by atoms with E-state index in [1.54, 1.807) is 12.1 Å². The number of primary amides is 1. The van der Waals surface area contributed by atoms with E-state index in [4.69, 9.17) is 15.2 Å². The highest BCUT2D eigenvalue weighted by Crippen LogP contribution is 2.28. The summed E-state index contributed by atoms with van der Waals surface area (Å²) in [6, 6.07) is 10.6. The van der Waals surface area contributed by atoms with Gasteiger partial charge in [0.15, 0.2) is 11.6 Å². The van der Waals surface area contributed by atoms with Gasteiger partial charge < -0.3 is 25.8 Å². The molecule has 2 aromatic carbocycles. The van der Waals surface area contributed by atoms with Gasteiger partial charge in [-0.05, 0) is 67.0 Å². The van der Waals surface area contributed by atoms with Crippen molar-refractivity contribution in [2.75, 3.05) is 32.1 Å². The molecule has 0 atom stereocenters. The zero-order chi connectivity index (χ0) is 24.8. The van der Waals surface area contributed by atoms with Gasteiger partial charge in [0.2, 0.25) is 0 Å². The summed E-state index contributed by atoms with van der Waals surface area (Å²) >= 11 is 0. The maximum atomic E-state index is 14.0. The number of piperidine rings is 1. The first kappa shape index (κ1) is 24.8. The molecule has 35 heavy (non-hydrogen) atoms. The van der Waals surface area contributed by atoms with Crippen LogP contribution in [0.15, 0.2) is 36.4 Å². The third-order valence-corrected chi connectivity index (χ3v) is 6.53. The molecule has 4 N–H and O–H groups in total. The summed E-state index contributed by atoms with van der Waals surface area (Å²) in [6.45, 7) is 3.24. The fraction of sp³-hybridized carbons (Fsp3) is 0.462. The molecule has 188 valence electrons. The lowest BCUT2D eigenvalue weighted by atomic mass is 10.0. The first-order chi connectivity index (χ1) is 16.9. The number of benzene rings is 2. The smallest absolute Gasteiger partial charge is 0.404 e. The van der Waals surface area contributed by atoms with Crippen LogP contribution in [0.2, 0.25) is 0 Å². The zero-order valence-electron chi connectivity index (χ0n) is 20.0. The van der Waals surface area contributed by atoms with Crippen LogP contribution in [0.25, 0.3) is 0 Å². The number of ether oxygens (including phenoxy) is 2. The minimum absolute atomic E-state index is 0.0852. The van der Waals surface area contributed by atoms with Crippen molar-refractivity contribution < 1.29 is 23.5 Å². The predicted octanol–water partition coefficient (Wildman–Crippen LogP) is 3.65. The molecule has 9 heteroatoms. The Labute approximate surface area is 205 Å². The highest BCUT2D eigenvalue weighted by molar-refractivity contribution is 5.96. The van der Waals surface area contributed by atoms with E-state index in [1.807, 2.05) is 18.2 Å². The molecule has 0 aromatic heterocycles. The largest absolute Gasteiger partial charge is 0.494 e. The number of nitrogens with zero attached hydrogens (tertiary/aromatic N) is 1. The van der Waals surface area contributed by atoms with Gasteiger partial charge in [0.05, 0.1) is 7.11 Å². The van der Waals surface area contributed by atoms with Crippen molar-refractivity contribution in [1.29, 1.82) is 0 Å². The number of hydrogen-bond donors (Lipinski definition) is 3. The molecule has 2 aromatic rings. The van der Waals surface area contributed by atoms with Crippen molar-refractivity contribution in [3.63, 3.8) is 0 Å². The Bertz CT molecular complexity index is 1050. The lowest BCUT2D eigenvalue weighted by Crippen LogP contribution is -2.38. The molecule has 8 nitrogen and oxygen atoms in total. The van der Waals surface area contributed by atoms with Crippen molar-refractivity contribution >= 4 is 17.7 Å². The molecule has 2 fully saturated rings. The van der Waals surface area contributed by atoms with Crippen molar-refractivity contribution in [3.8, 4) is 5.75 Å². The van der Waals surface area contributed by atoms with Gasteiger partial charge in [-0.25, -0.2) is 9.18 Å². The van der Waals surface area contributed by atoms with Crippen LogP contribution in [0, 0.1) is 11.7 Å². The van der Waals surface area contributed by atoms with E-state index in [0.717, 1.165) is 42.7 Å². The van der Waals surface area contributed by atoms with E-state index < -0.39 is 11.9 Å². The van der Waals surface area contributed by atoms with E-state index in [2.05, 4.69) is 15.5 Å². The molecule has 4 rings (SSSR count). The SMILES string of the molecule is COc1ccc(CNc2ccc(CN3CCC(OC(N)=O)CC3)c(C(=O)NCC3CC3)c2)cc1F. The van der Waals surface area contributed by atoms with Crippen LogP contribution in [-0.2, 0) is 17.8 Å². The van der Waals surface area contributed by atoms with Crippen molar-refractivity contribution in [2.24, 2.45) is 11.7 Å². The molecule has 1 heterocycles. The van der Waals surface area contributed by atoms with Crippen LogP contribution in [0.3, 0.4) is 0 Å². The van der Waals surface area contributed by atoms with Crippen LogP contribution >= 0.6 is 0 Å². The van der Waals surface area contributed by atoms with Crippen molar-refractivity contribution in [3.05, 3.63) is 58.9 Å². The standard InChI is InChI=1S/C26H33FN4O4/c1-34-24-7-4-18(12-23(24)27)15-29-20-6-5-19(22(13-20)25(32)30-14-17-2-3-17)16-31-10-8-21(9-11-31)35-26(28)33/h4-7,12-13,17,21,29H,2-3,8-11,14-16H2,1H3,(H2,28,33)(H,30,32). The summed E-state index contributed by atoms with van der Waals surface area (Å²) < 4.78 is 24.1. The number of carbonyl (C=O) groups excluding carboxylic acids is 2. The Morgan fingerprint density at radius 3 is 2.54 bits per heavy atom. The number of nitrogens with two attached hydrogens (primary N) is 1. The summed E-state index contributed by atoms with van der Waals surface area (Å²) in [6.07, 6.45) is 2.86. The Morgan fingerprint density at radius 1 is 1.11 bits per heavy atom. The minimum Gasteiger partial charge on any atom is -0.494 e. The fourth-order valence-corrected chi connectivity index (χ4v) is 4.30. The van der Waals surface area contributed by atoms with Gasteiger partial charge in [0.25, 0.3) is 5.91 Å². The molecule has 2 aliphatic rings. The molecule has 1 saturated carbocycles. The molecular weight excluding hydrogens is 451 g/mol. The van der Waals surface area contributed by atoms with Crippen LogP contribution in [0.5, 0.6) is 5.75 Å². The number of hydrogen-bond acceptors (Lipinski definition) is 6. The van der Waals surface area contributed by atoms with Crippen LogP contribution < -0.4 is 21.1 Å². The maximum Gasteiger partial charge on any atom is 0.404 e. The highest BCUT2D eigenvalue weighted by Gasteiger charge is 2.25. The van der Waals surface area contributed by atoms with E-state index in [-0.39, 0.29) is 17.8 Å². The Kier molecular flexibility index (Phi) is 8.07. The lowest BCUT2D eigenvalue weighted by molar-refractivity contribution is 0.0539. The van der Waals surface area contributed by atoms with Crippen LogP contribution in [0.4, 0.5) is 14.9 Å². The van der Waals surface area contributed by atoms with E-state index in [9.17, 15) is 14.0 Å². The molecular formula is C26H33FN4O4. The van der Waals surface area contributed by atoms with Gasteiger partial charge in [-0.3, -0.25) is 9.69 Å². The average molecular weight is 485 g/mol. The Morgan fingerprint density at radius 2 is 1.89 bits per heavy atom. The van der Waals surface area contributed by atoms with E-state index in [1.165, 1.54) is 13.2 Å². The number of halogens is 1. The van der Waals surface area contributed by atoms with Gasteiger partial charge >= 0.3 is 6.09 Å². The molecule has 0 radical (unpaired) electrons. The quantitative estimate of drug-likeness (QED) is 0.475. The second-order valence-electron chi connectivity index (χ2n) is 9.26. The number of nitrogens with one attached hydrogen (secondary N) is 2. The fourth-order valence-electron chi connectivity index (χ4n) is 4.30. The lowest BCUT2D eigenvalue weighted by Gasteiger charge is -2.31. The van der Waals surface area contributed by atoms with Gasteiger partial charge in [-0.1, -0.05) is 12.1 Å². The number of amides is 2. The zero-order valence-corrected chi connectivity index (χ0v) is 20.0. The summed E-state index contributed by atoms with van der Waals surface area (Å²) in [5.74, 6) is 0.293. The second kappa shape index (κ2) is 11.4. The predicted molar refractivity (Wildman–Crippen MR) is 131 cm³/mol. The number of carbonyl (C=O) groups is 2. The van der Waals surface area contributed by atoms with Gasteiger partial charge in [0, 0.05) is 44.0 Å². The summed E-state index contributed by atoms with van der Waals surface area (Å²) in [5, 5.41) is 6.36. The summed E-state index contributed by atoms with van der Waals surface area (Å²) in [7, 11) is 1.44. The monoisotopic (exact) mass is 484 g/mol. The molecule has 0 unspecified atom stereocenters. The molecule has 0 spiro atoms. The average Bonchev–Trinajstić information content (AvgIpc) is 3.67. The number of likely N-dealkylation sites (tertiary alicyclic amines) is 1. The number of anilines is 1. The molecule has 1 aliphatic carbocycles. The van der Waals surface area contributed by atoms with Crippen molar-refractivity contribution in [2.45, 2.75) is 44.9 Å². The Hall–Kier alpha value is -3.33. The molecule has 2 amide bonds. The third-order valence-electron chi connectivity index (χ3n) is 6.53. The first-order valence-electron chi connectivity index (χ1n) is 12.1. The minimum atomic E-state index is -0.737. The third kappa shape index (κ3) is 7.08. The molecule has 0 bridgehead atoms. The Balaban J connectivity index is 1.43. The molecule has 1 aliphatic heterocycles. The van der Waals surface area contributed by atoms with Gasteiger partial charge in [-0.2, -0.15) is 0 Å². The van der Waals surface area contributed by atoms with Gasteiger partial charge in [-0.15, -0.1) is 0 Å². The topological polar surface area (TPSA) is 106 Å². The van der Waals surface area contributed by atoms with Crippen molar-refractivity contribution in [1.82, 2.24) is 10.2 Å². The number of methoxy groups -OCH3 is 1. The molecule has 1 saturated heterocycles.